The predicted molar refractivity (Wildman–Crippen MR) is 97.9 cm³/mol. The van der Waals surface area contributed by atoms with Crippen LogP contribution in [0.4, 0.5) is 17.1 Å². The largest absolute Gasteiger partial charge is 0.454 e. The van der Waals surface area contributed by atoms with Crippen molar-refractivity contribution < 1.29 is 14.3 Å². The summed E-state index contributed by atoms with van der Waals surface area (Å²) >= 11 is 0. The normalized spacial score (nSPS) is 12.5. The third kappa shape index (κ3) is 3.43. The first-order valence-corrected chi connectivity index (χ1v) is 8.10. The second kappa shape index (κ2) is 6.79. The molecule has 4 rings (SSSR count). The molecule has 136 valence electrons. The van der Waals surface area contributed by atoms with E-state index in [4.69, 9.17) is 9.47 Å². The third-order valence-electron chi connectivity index (χ3n) is 3.87. The van der Waals surface area contributed by atoms with E-state index in [1.165, 1.54) is 6.92 Å². The molecule has 0 spiro atoms. The van der Waals surface area contributed by atoms with E-state index >= 15 is 0 Å². The molecule has 0 saturated heterocycles. The van der Waals surface area contributed by atoms with Crippen LogP contribution in [0.25, 0.3) is 11.3 Å². The molecule has 1 aliphatic rings. The van der Waals surface area contributed by atoms with Crippen LogP contribution in [0.5, 0.6) is 11.5 Å². The number of hydrogen-bond acceptors (Lipinski definition) is 6. The van der Waals surface area contributed by atoms with Crippen molar-refractivity contribution in [1.82, 2.24) is 10.2 Å². The van der Waals surface area contributed by atoms with E-state index in [1.54, 1.807) is 42.5 Å². The smallest absolute Gasteiger partial charge is 0.292 e. The van der Waals surface area contributed by atoms with Gasteiger partial charge in [-0.2, -0.15) is 5.11 Å². The average Bonchev–Trinajstić information content (AvgIpc) is 3.26. The number of amides is 1. The molecule has 0 unspecified atom stereocenters. The molecule has 27 heavy (non-hydrogen) atoms. The molecule has 1 amide bonds. The van der Waals surface area contributed by atoms with Gasteiger partial charge < -0.3 is 14.8 Å². The van der Waals surface area contributed by atoms with Crippen LogP contribution in [0.3, 0.4) is 0 Å². The summed E-state index contributed by atoms with van der Waals surface area (Å²) in [6, 6.07) is 12.1. The summed E-state index contributed by atoms with van der Waals surface area (Å²) < 4.78 is 10.7. The maximum Gasteiger partial charge on any atom is 0.292 e. The van der Waals surface area contributed by atoms with Crippen molar-refractivity contribution in [3.8, 4) is 22.8 Å². The molecular weight excluding hydrogens is 350 g/mol. The van der Waals surface area contributed by atoms with Gasteiger partial charge in [-0.1, -0.05) is 0 Å². The fourth-order valence-electron chi connectivity index (χ4n) is 2.63. The Hall–Kier alpha value is -3.88. The number of carbonyl (C=O) groups excluding carboxylic acids is 1. The molecule has 3 aromatic rings. The van der Waals surface area contributed by atoms with E-state index in [-0.39, 0.29) is 23.9 Å². The molecule has 9 nitrogen and oxygen atoms in total. The first kappa shape index (κ1) is 16.6. The van der Waals surface area contributed by atoms with Crippen molar-refractivity contribution >= 4 is 23.0 Å². The highest BCUT2D eigenvalue weighted by atomic mass is 16.7. The Morgan fingerprint density at radius 2 is 1.81 bits per heavy atom. The van der Waals surface area contributed by atoms with Crippen LogP contribution in [0.2, 0.25) is 0 Å². The number of fused-ring (bicyclic) bond motifs is 1. The summed E-state index contributed by atoms with van der Waals surface area (Å²) in [5.74, 6) is 1.10. The number of aromatic nitrogens is 2. The zero-order valence-corrected chi connectivity index (χ0v) is 14.3. The van der Waals surface area contributed by atoms with Gasteiger partial charge in [0.25, 0.3) is 5.56 Å². The molecule has 0 aliphatic carbocycles. The predicted octanol–water partition coefficient (Wildman–Crippen LogP) is 3.47. The number of anilines is 1. The average molecular weight is 365 g/mol. The molecule has 3 N–H and O–H groups in total. The van der Waals surface area contributed by atoms with Gasteiger partial charge in [0, 0.05) is 18.2 Å². The number of benzene rings is 2. The maximum atomic E-state index is 12.1. The van der Waals surface area contributed by atoms with Crippen molar-refractivity contribution in [3.05, 3.63) is 52.8 Å². The number of hydrogen-bond donors (Lipinski definition) is 3. The Morgan fingerprint density at radius 1 is 1.04 bits per heavy atom. The Kier molecular flexibility index (Phi) is 4.17. The van der Waals surface area contributed by atoms with Crippen molar-refractivity contribution in [3.63, 3.8) is 0 Å². The lowest BCUT2D eigenvalue weighted by atomic mass is 10.1. The molecule has 0 radical (unpaired) electrons. The summed E-state index contributed by atoms with van der Waals surface area (Å²) in [7, 11) is 0. The second-order valence-corrected chi connectivity index (χ2v) is 5.80. The Labute approximate surface area is 153 Å². The zero-order chi connectivity index (χ0) is 18.8. The van der Waals surface area contributed by atoms with Gasteiger partial charge in [-0.15, -0.1) is 5.11 Å². The molecule has 0 saturated carbocycles. The summed E-state index contributed by atoms with van der Waals surface area (Å²) in [6.07, 6.45) is 0. The molecule has 0 fully saturated rings. The van der Waals surface area contributed by atoms with E-state index in [0.29, 0.717) is 34.1 Å². The van der Waals surface area contributed by atoms with E-state index < -0.39 is 0 Å². The molecule has 0 atom stereocenters. The summed E-state index contributed by atoms with van der Waals surface area (Å²) in [5.41, 5.74) is 2.17. The van der Waals surface area contributed by atoms with Gasteiger partial charge in [0.05, 0.1) is 11.4 Å². The van der Waals surface area contributed by atoms with Crippen molar-refractivity contribution in [2.45, 2.75) is 6.92 Å². The summed E-state index contributed by atoms with van der Waals surface area (Å²) in [6.45, 7) is 1.60. The van der Waals surface area contributed by atoms with Gasteiger partial charge >= 0.3 is 0 Å². The van der Waals surface area contributed by atoms with Crippen LogP contribution in [-0.4, -0.2) is 22.9 Å². The van der Waals surface area contributed by atoms with Gasteiger partial charge in [0.15, 0.2) is 17.2 Å². The number of rotatable bonds is 4. The van der Waals surface area contributed by atoms with E-state index in [2.05, 4.69) is 25.7 Å². The number of H-pyrrole nitrogens is 2. The lowest BCUT2D eigenvalue weighted by molar-refractivity contribution is -0.114. The molecule has 1 aliphatic heterocycles. The van der Waals surface area contributed by atoms with Crippen molar-refractivity contribution in [1.29, 1.82) is 0 Å². The minimum atomic E-state index is -0.388. The van der Waals surface area contributed by atoms with Crippen molar-refractivity contribution in [2.24, 2.45) is 10.2 Å². The summed E-state index contributed by atoms with van der Waals surface area (Å²) in [4.78, 5) is 23.1. The fraction of sp³-hybridized carbons (Fsp3) is 0.111. The molecule has 9 heteroatoms. The van der Waals surface area contributed by atoms with E-state index in [0.717, 1.165) is 0 Å². The number of ether oxygens (including phenoxy) is 2. The van der Waals surface area contributed by atoms with Crippen LogP contribution >= 0.6 is 0 Å². The monoisotopic (exact) mass is 365 g/mol. The second-order valence-electron chi connectivity index (χ2n) is 5.80. The number of nitrogens with zero attached hydrogens (tertiary/aromatic N) is 2. The van der Waals surface area contributed by atoms with Gasteiger partial charge in [-0.3, -0.25) is 19.8 Å². The SMILES string of the molecule is CC(=O)Nc1ccc(N=Nc2c(-c3ccc4c(c3)OCO4)[nH][nH]c2=O)cc1. The van der Waals surface area contributed by atoms with Gasteiger partial charge in [-0.05, 0) is 42.5 Å². The zero-order valence-electron chi connectivity index (χ0n) is 14.3. The topological polar surface area (TPSA) is 121 Å². The first-order valence-electron chi connectivity index (χ1n) is 8.10. The van der Waals surface area contributed by atoms with Gasteiger partial charge in [-0.25, -0.2) is 0 Å². The highest BCUT2D eigenvalue weighted by molar-refractivity contribution is 5.88. The fourth-order valence-corrected chi connectivity index (χ4v) is 2.63. The van der Waals surface area contributed by atoms with Crippen LogP contribution in [0.1, 0.15) is 6.92 Å². The van der Waals surface area contributed by atoms with Crippen LogP contribution in [-0.2, 0) is 4.79 Å². The Morgan fingerprint density at radius 3 is 2.59 bits per heavy atom. The lowest BCUT2D eigenvalue weighted by Crippen LogP contribution is -2.04. The number of nitrogens with one attached hydrogen (secondary N) is 3. The van der Waals surface area contributed by atoms with E-state index in [1.807, 2.05) is 0 Å². The molecule has 2 aromatic carbocycles. The van der Waals surface area contributed by atoms with Gasteiger partial charge in [0.2, 0.25) is 12.7 Å². The standard InChI is InChI=1S/C18H15N5O4/c1-10(24)19-12-3-5-13(6-4-12)20-22-17-16(21-23-18(17)25)11-2-7-14-15(8-11)27-9-26-14/h2-8H,9H2,1H3,(H,19,24)(H2,21,23,25). The van der Waals surface area contributed by atoms with Crippen LogP contribution in [0.15, 0.2) is 57.5 Å². The Balaban J connectivity index is 1.61. The molecule has 1 aromatic heterocycles. The van der Waals surface area contributed by atoms with Crippen LogP contribution in [0, 0.1) is 0 Å². The van der Waals surface area contributed by atoms with Gasteiger partial charge in [0.1, 0.15) is 0 Å². The first-order chi connectivity index (χ1) is 13.1. The number of aromatic amines is 2. The highest BCUT2D eigenvalue weighted by Crippen LogP contribution is 2.37. The molecule has 2 heterocycles. The minimum Gasteiger partial charge on any atom is -0.454 e. The highest BCUT2D eigenvalue weighted by Gasteiger charge is 2.17. The Bertz CT molecular complexity index is 1080. The molecule has 0 bridgehead atoms. The molecular formula is C18H15N5O4. The maximum absolute atomic E-state index is 12.1. The number of azo groups is 1. The summed E-state index contributed by atoms with van der Waals surface area (Å²) in [5, 5.41) is 16.2. The van der Waals surface area contributed by atoms with Crippen molar-refractivity contribution in [2.75, 3.05) is 12.1 Å². The lowest BCUT2D eigenvalue weighted by Gasteiger charge is -2.02. The quantitative estimate of drug-likeness (QED) is 0.613. The number of carbonyl (C=O) groups is 1. The van der Waals surface area contributed by atoms with Crippen LogP contribution < -0.4 is 20.3 Å². The third-order valence-corrected chi connectivity index (χ3v) is 3.87. The minimum absolute atomic E-state index is 0.153. The van der Waals surface area contributed by atoms with E-state index in [9.17, 15) is 9.59 Å².